The molecule has 74 valence electrons. The normalized spacial score (nSPS) is 12.4. The first kappa shape index (κ1) is 11.3. The Morgan fingerprint density at radius 3 is 2.57 bits per heavy atom. The Bertz CT molecular complexity index is 381. The molecule has 1 rings (SSSR count). The minimum Gasteiger partial charge on any atom is -0.288 e. The summed E-state index contributed by atoms with van der Waals surface area (Å²) in [6, 6.07) is 5.39. The van der Waals surface area contributed by atoms with E-state index < -0.39 is 0 Å². The van der Waals surface area contributed by atoms with Crippen LogP contribution in [0.3, 0.4) is 0 Å². The van der Waals surface area contributed by atoms with Crippen LogP contribution in [0, 0.1) is 0 Å². The topological polar surface area (TPSA) is 12.4 Å². The Balaban J connectivity index is 3.18. The lowest BCUT2D eigenvalue weighted by Gasteiger charge is -2.03. The molecule has 0 aliphatic rings. The van der Waals surface area contributed by atoms with Crippen molar-refractivity contribution in [3.05, 3.63) is 46.0 Å². The van der Waals surface area contributed by atoms with E-state index in [9.17, 15) is 0 Å². The highest BCUT2D eigenvalue weighted by Gasteiger charge is 2.04. The van der Waals surface area contributed by atoms with Gasteiger partial charge >= 0.3 is 0 Å². The van der Waals surface area contributed by atoms with Gasteiger partial charge in [0.25, 0.3) is 0 Å². The van der Waals surface area contributed by atoms with Crippen LogP contribution in [0.1, 0.15) is 12.5 Å². The van der Waals surface area contributed by atoms with E-state index in [4.69, 9.17) is 23.2 Å². The molecule has 0 amide bonds. The third-order valence-electron chi connectivity index (χ3n) is 1.77. The molecule has 0 heterocycles. The number of halogens is 2. The van der Waals surface area contributed by atoms with Crippen molar-refractivity contribution in [1.29, 1.82) is 0 Å². The fourth-order valence-corrected chi connectivity index (χ4v) is 1.65. The van der Waals surface area contributed by atoms with Crippen molar-refractivity contribution in [2.24, 2.45) is 4.99 Å². The number of nitrogens with zero attached hydrogens (tertiary/aromatic N) is 1. The molecule has 0 aliphatic heterocycles. The summed E-state index contributed by atoms with van der Waals surface area (Å²) in [7, 11) is 1.74. The molecule has 0 spiro atoms. The number of benzene rings is 1. The van der Waals surface area contributed by atoms with E-state index in [0.717, 1.165) is 11.3 Å². The van der Waals surface area contributed by atoms with E-state index >= 15 is 0 Å². The van der Waals surface area contributed by atoms with E-state index in [2.05, 4.69) is 4.99 Å². The quantitative estimate of drug-likeness (QED) is 0.678. The van der Waals surface area contributed by atoms with Crippen LogP contribution in [-0.2, 0) is 0 Å². The highest BCUT2D eigenvalue weighted by atomic mass is 35.5. The van der Waals surface area contributed by atoms with Crippen molar-refractivity contribution in [2.45, 2.75) is 6.92 Å². The molecule has 0 N–H and O–H groups in total. The van der Waals surface area contributed by atoms with Gasteiger partial charge in [-0.1, -0.05) is 29.3 Å². The Morgan fingerprint density at radius 2 is 2.07 bits per heavy atom. The highest BCUT2D eigenvalue weighted by Crippen LogP contribution is 2.21. The summed E-state index contributed by atoms with van der Waals surface area (Å²) in [5.74, 6) is 0. The van der Waals surface area contributed by atoms with Crippen molar-refractivity contribution < 1.29 is 0 Å². The number of allylic oxidation sites excluding steroid dienone is 2. The second kappa shape index (κ2) is 5.18. The van der Waals surface area contributed by atoms with E-state index in [1.807, 2.05) is 25.1 Å². The lowest BCUT2D eigenvalue weighted by Crippen LogP contribution is -1.97. The first-order valence-electron chi connectivity index (χ1n) is 4.24. The summed E-state index contributed by atoms with van der Waals surface area (Å²) >= 11 is 11.8. The maximum absolute atomic E-state index is 6.04. The lowest BCUT2D eigenvalue weighted by atomic mass is 10.1. The third-order valence-corrected chi connectivity index (χ3v) is 2.32. The predicted molar refractivity (Wildman–Crippen MR) is 63.7 cm³/mol. The van der Waals surface area contributed by atoms with Crippen molar-refractivity contribution in [1.82, 2.24) is 0 Å². The Morgan fingerprint density at radius 1 is 1.36 bits per heavy atom. The number of aliphatic imine (C=N–C) groups is 1. The molecule has 3 heteroatoms. The Kier molecular flexibility index (Phi) is 4.18. The van der Waals surface area contributed by atoms with Gasteiger partial charge in [0.05, 0.1) is 10.7 Å². The van der Waals surface area contributed by atoms with E-state index in [0.29, 0.717) is 10.0 Å². The van der Waals surface area contributed by atoms with Gasteiger partial charge in [0.15, 0.2) is 0 Å². The van der Waals surface area contributed by atoms with Gasteiger partial charge in [0, 0.05) is 17.6 Å². The molecule has 0 saturated carbocycles. The molecule has 0 saturated heterocycles. The first-order chi connectivity index (χ1) is 6.69. The van der Waals surface area contributed by atoms with Crippen molar-refractivity contribution in [3.8, 4) is 0 Å². The smallest absolute Gasteiger partial charge is 0.0654 e. The SMILES string of the molecule is C/C=C\C(=NC)c1ccc(Cl)cc1Cl. The van der Waals surface area contributed by atoms with Crippen LogP contribution in [0.5, 0.6) is 0 Å². The Hall–Kier alpha value is -0.790. The van der Waals surface area contributed by atoms with Crippen LogP contribution in [0.25, 0.3) is 0 Å². The molecular weight excluding hydrogens is 217 g/mol. The van der Waals surface area contributed by atoms with Gasteiger partial charge in [-0.25, -0.2) is 0 Å². The van der Waals surface area contributed by atoms with Crippen LogP contribution in [0.15, 0.2) is 35.3 Å². The average molecular weight is 228 g/mol. The molecule has 0 bridgehead atoms. The molecule has 1 aromatic carbocycles. The van der Waals surface area contributed by atoms with Gasteiger partial charge in [-0.2, -0.15) is 0 Å². The monoisotopic (exact) mass is 227 g/mol. The molecule has 1 aromatic rings. The maximum atomic E-state index is 6.04. The van der Waals surface area contributed by atoms with Crippen LogP contribution in [0.2, 0.25) is 10.0 Å². The number of rotatable bonds is 2. The molecular formula is C11H11Cl2N. The summed E-state index contributed by atoms with van der Waals surface area (Å²) in [6.07, 6.45) is 3.84. The summed E-state index contributed by atoms with van der Waals surface area (Å²) in [5, 5.41) is 1.26. The zero-order valence-corrected chi connectivity index (χ0v) is 9.60. The fourth-order valence-electron chi connectivity index (χ4n) is 1.14. The van der Waals surface area contributed by atoms with E-state index in [1.165, 1.54) is 0 Å². The van der Waals surface area contributed by atoms with Gasteiger partial charge in [0.2, 0.25) is 0 Å². The fraction of sp³-hybridized carbons (Fsp3) is 0.182. The van der Waals surface area contributed by atoms with Crippen molar-refractivity contribution in [2.75, 3.05) is 7.05 Å². The largest absolute Gasteiger partial charge is 0.288 e. The van der Waals surface area contributed by atoms with Gasteiger partial charge in [-0.05, 0) is 31.2 Å². The van der Waals surface area contributed by atoms with Gasteiger partial charge < -0.3 is 0 Å². The first-order valence-corrected chi connectivity index (χ1v) is 4.99. The zero-order chi connectivity index (χ0) is 10.6. The minimum absolute atomic E-state index is 0.621. The summed E-state index contributed by atoms with van der Waals surface area (Å²) < 4.78 is 0. The van der Waals surface area contributed by atoms with Crippen molar-refractivity contribution in [3.63, 3.8) is 0 Å². The molecule has 0 fully saturated rings. The summed E-state index contributed by atoms with van der Waals surface area (Å²) in [6.45, 7) is 1.94. The van der Waals surface area contributed by atoms with Crippen LogP contribution in [-0.4, -0.2) is 12.8 Å². The Labute approximate surface area is 94.1 Å². The van der Waals surface area contributed by atoms with Gasteiger partial charge in [0.1, 0.15) is 0 Å². The minimum atomic E-state index is 0.621. The van der Waals surface area contributed by atoms with Gasteiger partial charge in [-0.15, -0.1) is 0 Å². The van der Waals surface area contributed by atoms with Gasteiger partial charge in [-0.3, -0.25) is 4.99 Å². The van der Waals surface area contributed by atoms with E-state index in [1.54, 1.807) is 19.2 Å². The maximum Gasteiger partial charge on any atom is 0.0654 e. The molecule has 14 heavy (non-hydrogen) atoms. The second-order valence-corrected chi connectivity index (χ2v) is 3.58. The second-order valence-electron chi connectivity index (χ2n) is 2.73. The molecule has 0 unspecified atom stereocenters. The van der Waals surface area contributed by atoms with Crippen LogP contribution < -0.4 is 0 Å². The van der Waals surface area contributed by atoms with Crippen LogP contribution >= 0.6 is 23.2 Å². The summed E-state index contributed by atoms with van der Waals surface area (Å²) in [5.41, 5.74) is 1.76. The average Bonchev–Trinajstić information content (AvgIpc) is 2.15. The van der Waals surface area contributed by atoms with Crippen molar-refractivity contribution >= 4 is 28.9 Å². The molecule has 1 nitrogen and oxygen atoms in total. The number of hydrogen-bond acceptors (Lipinski definition) is 1. The van der Waals surface area contributed by atoms with Crippen LogP contribution in [0.4, 0.5) is 0 Å². The lowest BCUT2D eigenvalue weighted by molar-refractivity contribution is 1.43. The predicted octanol–water partition coefficient (Wildman–Crippen LogP) is 3.99. The zero-order valence-electron chi connectivity index (χ0n) is 8.09. The molecule has 0 aromatic heterocycles. The number of hydrogen-bond donors (Lipinski definition) is 0. The highest BCUT2D eigenvalue weighted by molar-refractivity contribution is 6.37. The van der Waals surface area contributed by atoms with E-state index in [-0.39, 0.29) is 0 Å². The molecule has 0 atom stereocenters. The third kappa shape index (κ3) is 2.60. The summed E-state index contributed by atoms with van der Waals surface area (Å²) in [4.78, 5) is 4.14. The standard InChI is InChI=1S/C11H11Cl2N/c1-3-4-11(14-2)9-6-5-8(12)7-10(9)13/h3-7H,1-2H3/b4-3-,14-11?. The molecule has 0 aliphatic carbocycles. The molecule has 0 radical (unpaired) electrons.